The number of halogens is 1. The van der Waals surface area contributed by atoms with E-state index >= 15 is 0 Å². The molecule has 25 heavy (non-hydrogen) atoms. The van der Waals surface area contributed by atoms with Crippen LogP contribution in [0.1, 0.15) is 25.7 Å². The molecule has 6 nitrogen and oxygen atoms in total. The summed E-state index contributed by atoms with van der Waals surface area (Å²) in [6.45, 7) is 3.61. The van der Waals surface area contributed by atoms with Crippen LogP contribution in [0.25, 0.3) is 0 Å². The van der Waals surface area contributed by atoms with E-state index in [0.29, 0.717) is 38.7 Å². The first-order valence-corrected chi connectivity index (χ1v) is 9.07. The van der Waals surface area contributed by atoms with E-state index in [-0.39, 0.29) is 17.8 Å². The molecule has 0 bridgehead atoms. The molecule has 0 aromatic carbocycles. The fourth-order valence-electron chi connectivity index (χ4n) is 4.14. The van der Waals surface area contributed by atoms with Gasteiger partial charge >= 0.3 is 0 Å². The number of rotatable bonds is 2. The highest BCUT2D eigenvalue weighted by Gasteiger charge is 2.43. The zero-order chi connectivity index (χ0) is 17.3. The van der Waals surface area contributed by atoms with Crippen LogP contribution in [0, 0.1) is 5.82 Å². The van der Waals surface area contributed by atoms with Crippen molar-refractivity contribution in [1.29, 1.82) is 0 Å². The number of aromatic nitrogens is 1. The molecule has 3 aliphatic heterocycles. The number of piperidine rings is 1. The van der Waals surface area contributed by atoms with E-state index in [0.717, 1.165) is 32.2 Å². The van der Waals surface area contributed by atoms with Gasteiger partial charge in [0.05, 0.1) is 19.7 Å². The maximum Gasteiger partial charge on any atom is 0.251 e. The lowest BCUT2D eigenvalue weighted by Gasteiger charge is -2.48. The Morgan fingerprint density at radius 3 is 3.00 bits per heavy atom. The van der Waals surface area contributed by atoms with Gasteiger partial charge in [0.25, 0.3) is 5.91 Å². The van der Waals surface area contributed by atoms with Crippen molar-refractivity contribution in [1.82, 2.24) is 9.88 Å². The predicted molar refractivity (Wildman–Crippen MR) is 89.9 cm³/mol. The van der Waals surface area contributed by atoms with E-state index < -0.39 is 5.60 Å². The van der Waals surface area contributed by atoms with Crippen molar-refractivity contribution in [3.8, 4) is 0 Å². The van der Waals surface area contributed by atoms with Crippen LogP contribution in [0.15, 0.2) is 18.3 Å². The Balaban J connectivity index is 1.48. The van der Waals surface area contributed by atoms with Crippen molar-refractivity contribution in [2.24, 2.45) is 0 Å². The molecule has 4 heterocycles. The van der Waals surface area contributed by atoms with Crippen LogP contribution in [0.3, 0.4) is 0 Å². The van der Waals surface area contributed by atoms with Crippen molar-refractivity contribution in [2.45, 2.75) is 37.4 Å². The van der Waals surface area contributed by atoms with Crippen molar-refractivity contribution in [3.63, 3.8) is 0 Å². The topological polar surface area (TPSA) is 54.9 Å². The first kappa shape index (κ1) is 16.7. The van der Waals surface area contributed by atoms with Gasteiger partial charge in [-0.15, -0.1) is 0 Å². The van der Waals surface area contributed by atoms with Gasteiger partial charge in [-0.2, -0.15) is 0 Å². The molecule has 0 saturated carbocycles. The van der Waals surface area contributed by atoms with Crippen LogP contribution < -0.4 is 4.90 Å². The van der Waals surface area contributed by atoms with E-state index in [4.69, 9.17) is 9.47 Å². The van der Waals surface area contributed by atoms with Crippen LogP contribution in [0.4, 0.5) is 10.2 Å². The zero-order valence-corrected chi connectivity index (χ0v) is 14.3. The molecule has 1 spiro atoms. The monoisotopic (exact) mass is 349 g/mol. The Morgan fingerprint density at radius 2 is 2.20 bits per heavy atom. The molecule has 0 radical (unpaired) electrons. The first-order valence-electron chi connectivity index (χ1n) is 9.07. The molecule has 3 fully saturated rings. The van der Waals surface area contributed by atoms with Gasteiger partial charge in [0, 0.05) is 25.9 Å². The molecule has 4 rings (SSSR count). The van der Waals surface area contributed by atoms with E-state index in [2.05, 4.69) is 4.98 Å². The second-order valence-corrected chi connectivity index (χ2v) is 7.13. The molecule has 2 atom stereocenters. The summed E-state index contributed by atoms with van der Waals surface area (Å²) in [6.07, 6.45) is 4.80. The number of carbonyl (C=O) groups excluding carboxylic acids is 1. The van der Waals surface area contributed by atoms with Crippen LogP contribution in [0.5, 0.6) is 0 Å². The quantitative estimate of drug-likeness (QED) is 0.812. The summed E-state index contributed by atoms with van der Waals surface area (Å²) in [5.74, 6) is 0.122. The largest absolute Gasteiger partial charge is 0.369 e. The minimum absolute atomic E-state index is 0.0707. The van der Waals surface area contributed by atoms with Gasteiger partial charge in [0.15, 0.2) is 11.6 Å². The highest BCUT2D eigenvalue weighted by Crippen LogP contribution is 2.32. The number of amides is 1. The van der Waals surface area contributed by atoms with Crippen LogP contribution in [0.2, 0.25) is 0 Å². The van der Waals surface area contributed by atoms with E-state index in [1.54, 1.807) is 12.3 Å². The zero-order valence-electron chi connectivity index (χ0n) is 14.3. The minimum atomic E-state index is -0.450. The number of carbonyl (C=O) groups is 1. The summed E-state index contributed by atoms with van der Waals surface area (Å²) in [6, 6.07) is 3.02. The average molecular weight is 349 g/mol. The predicted octanol–water partition coefficient (Wildman–Crippen LogP) is 1.60. The molecule has 1 amide bonds. The third kappa shape index (κ3) is 3.35. The molecule has 7 heteroatoms. The van der Waals surface area contributed by atoms with Gasteiger partial charge in [-0.05, 0) is 37.8 Å². The second kappa shape index (κ2) is 6.88. The van der Waals surface area contributed by atoms with Crippen molar-refractivity contribution in [3.05, 3.63) is 24.1 Å². The maximum absolute atomic E-state index is 14.1. The van der Waals surface area contributed by atoms with Crippen LogP contribution in [-0.4, -0.2) is 66.9 Å². The van der Waals surface area contributed by atoms with Gasteiger partial charge < -0.3 is 19.3 Å². The maximum atomic E-state index is 14.1. The normalized spacial score (nSPS) is 30.0. The smallest absolute Gasteiger partial charge is 0.251 e. The van der Waals surface area contributed by atoms with E-state index in [9.17, 15) is 9.18 Å². The van der Waals surface area contributed by atoms with Gasteiger partial charge in [-0.1, -0.05) is 0 Å². The average Bonchev–Trinajstić information content (AvgIpc) is 3.16. The third-order valence-electron chi connectivity index (χ3n) is 5.34. The number of morpholine rings is 1. The molecule has 3 saturated heterocycles. The van der Waals surface area contributed by atoms with E-state index in [1.165, 1.54) is 6.07 Å². The molecule has 1 aromatic heterocycles. The van der Waals surface area contributed by atoms with Gasteiger partial charge in [0.1, 0.15) is 11.7 Å². The summed E-state index contributed by atoms with van der Waals surface area (Å²) >= 11 is 0. The summed E-state index contributed by atoms with van der Waals surface area (Å²) in [7, 11) is 0. The SMILES string of the molecule is O=C([C@H]1CCCO1)N1CCOC2(CCCN(c3ncccc3F)C2)C1. The Kier molecular flexibility index (Phi) is 4.60. The lowest BCUT2D eigenvalue weighted by Crippen LogP contribution is -2.62. The summed E-state index contributed by atoms with van der Waals surface area (Å²) < 4.78 is 25.8. The standard InChI is InChI=1S/C18H24FN3O3/c19-14-4-1-7-20-16(14)21-8-3-6-18(12-21)13-22(9-11-25-18)17(23)15-5-2-10-24-15/h1,4,7,15H,2-3,5-6,8-13H2/t15-,18?/m1/s1. The number of nitrogens with zero attached hydrogens (tertiary/aromatic N) is 3. The summed E-state index contributed by atoms with van der Waals surface area (Å²) in [4.78, 5) is 20.7. The Labute approximate surface area is 146 Å². The molecule has 1 aromatic rings. The Morgan fingerprint density at radius 1 is 1.28 bits per heavy atom. The van der Waals surface area contributed by atoms with Gasteiger partial charge in [-0.25, -0.2) is 9.37 Å². The Bertz CT molecular complexity index is 634. The summed E-state index contributed by atoms with van der Waals surface area (Å²) in [5, 5.41) is 0. The number of hydrogen-bond donors (Lipinski definition) is 0. The number of pyridine rings is 1. The minimum Gasteiger partial charge on any atom is -0.369 e. The lowest BCUT2D eigenvalue weighted by atomic mass is 9.90. The number of anilines is 1. The first-order chi connectivity index (χ1) is 12.2. The van der Waals surface area contributed by atoms with Crippen molar-refractivity contribution >= 4 is 11.7 Å². The molecule has 3 aliphatic rings. The van der Waals surface area contributed by atoms with E-state index in [1.807, 2.05) is 9.80 Å². The third-order valence-corrected chi connectivity index (χ3v) is 5.34. The van der Waals surface area contributed by atoms with Crippen LogP contribution in [-0.2, 0) is 14.3 Å². The molecule has 1 unspecified atom stereocenters. The number of hydrogen-bond acceptors (Lipinski definition) is 5. The molecule has 0 N–H and O–H groups in total. The van der Waals surface area contributed by atoms with Gasteiger partial charge in [0.2, 0.25) is 0 Å². The highest BCUT2D eigenvalue weighted by molar-refractivity contribution is 5.81. The summed E-state index contributed by atoms with van der Waals surface area (Å²) in [5.41, 5.74) is -0.450. The van der Waals surface area contributed by atoms with Gasteiger partial charge in [-0.3, -0.25) is 4.79 Å². The van der Waals surface area contributed by atoms with Crippen molar-refractivity contribution in [2.75, 3.05) is 44.3 Å². The number of ether oxygens (including phenoxy) is 2. The van der Waals surface area contributed by atoms with Crippen LogP contribution >= 0.6 is 0 Å². The molecular formula is C18H24FN3O3. The fourth-order valence-corrected chi connectivity index (χ4v) is 4.14. The lowest BCUT2D eigenvalue weighted by molar-refractivity contribution is -0.160. The second-order valence-electron chi connectivity index (χ2n) is 7.13. The molecule has 136 valence electrons. The Hall–Kier alpha value is -1.73. The molecule has 0 aliphatic carbocycles. The van der Waals surface area contributed by atoms with Crippen molar-refractivity contribution < 1.29 is 18.7 Å². The highest BCUT2D eigenvalue weighted by atomic mass is 19.1. The fraction of sp³-hybridized carbons (Fsp3) is 0.667. The molecular weight excluding hydrogens is 325 g/mol.